The molecule has 4 bridgehead atoms. The van der Waals surface area contributed by atoms with Gasteiger partial charge >= 0.3 is 11.9 Å². The van der Waals surface area contributed by atoms with Crippen molar-refractivity contribution >= 4 is 107 Å². The average molecular weight is 1400 g/mol. The molecule has 11 amide bonds. The molecule has 0 aliphatic carbocycles. The van der Waals surface area contributed by atoms with Crippen LogP contribution in [0.3, 0.4) is 0 Å². The fourth-order valence-corrected chi connectivity index (χ4v) is 13.2. The zero-order valence-electron chi connectivity index (χ0n) is 54.2. The summed E-state index contributed by atoms with van der Waals surface area (Å²) in [6.07, 6.45) is 0.932. The number of aliphatic carboxylic acids is 2. The number of nitrogens with one attached hydrogen (secondary N) is 8. The molecule has 0 saturated carbocycles. The van der Waals surface area contributed by atoms with Gasteiger partial charge in [-0.2, -0.15) is 23.5 Å². The monoisotopic (exact) mass is 1400 g/mol. The van der Waals surface area contributed by atoms with E-state index in [1.54, 1.807) is 12.1 Å². The van der Waals surface area contributed by atoms with Gasteiger partial charge in [-0.1, -0.05) is 23.4 Å². The Bertz CT molecular complexity index is 3160. The zero-order chi connectivity index (χ0) is 70.7. The SMILES string of the molecule is C[C@@H]1NC(=O)[C@@H]2CCCN2C(=O)[C@@H]2CSCc3cc(cc(c3)OCCCCCCO/N=C/C(=O)N[C@@H](CCCCN)C(=O)N2)CSC[C@@H](C(N)=O)NC(=O)[C@H](CCC(=O)O)NC(=O)[C@H](Cc2ccc(O)cc2)NC(=O)[C@@H]2CCCN2C(=O)[C@H]([C@@H](C)O)NC(=O)[C@H](CC(=O)O)NC1=O. The summed E-state index contributed by atoms with van der Waals surface area (Å²) in [6.45, 7) is 3.03. The number of ether oxygens (including phenoxy) is 1. The molecule has 11 atom stereocenters. The summed E-state index contributed by atoms with van der Waals surface area (Å²) >= 11 is 2.42. The van der Waals surface area contributed by atoms with Crippen molar-refractivity contribution in [3.63, 3.8) is 0 Å². The number of benzene rings is 2. The minimum atomic E-state index is -1.95. The van der Waals surface area contributed by atoms with Crippen LogP contribution in [0.2, 0.25) is 0 Å². The van der Waals surface area contributed by atoms with E-state index < -0.39 is 163 Å². The number of hydrogen-bond donors (Lipinski definition) is 14. The molecule has 0 spiro atoms. The Morgan fingerprint density at radius 1 is 0.639 bits per heavy atom. The topological polar surface area (TPSA) is 488 Å². The van der Waals surface area contributed by atoms with Gasteiger partial charge in [-0.25, -0.2) is 0 Å². The summed E-state index contributed by atoms with van der Waals surface area (Å²) in [4.78, 5) is 187. The van der Waals surface area contributed by atoms with Crippen molar-refractivity contribution in [1.29, 1.82) is 0 Å². The average Bonchev–Trinajstić information content (AvgIpc) is 1.76. The van der Waals surface area contributed by atoms with E-state index in [9.17, 15) is 82.8 Å². The van der Waals surface area contributed by atoms with Crippen molar-refractivity contribution in [1.82, 2.24) is 52.3 Å². The number of nitrogens with two attached hydrogens (primary N) is 2. The number of unbranched alkanes of at least 4 members (excludes halogenated alkanes) is 1. The van der Waals surface area contributed by atoms with E-state index >= 15 is 0 Å². The molecule has 532 valence electrons. The molecule has 32 nitrogen and oxygen atoms in total. The molecular weight excluding hydrogens is 1310 g/mol. The largest absolute Gasteiger partial charge is 0.508 e. The third-order valence-corrected chi connectivity index (χ3v) is 18.6. The van der Waals surface area contributed by atoms with Gasteiger partial charge in [-0.15, -0.1) is 0 Å². The molecule has 0 radical (unpaired) electrons. The molecule has 0 aromatic heterocycles. The van der Waals surface area contributed by atoms with Crippen molar-refractivity contribution < 1.29 is 92.3 Å². The third kappa shape index (κ3) is 24.7. The Balaban J connectivity index is 1.39. The van der Waals surface area contributed by atoms with Crippen molar-refractivity contribution in [3.8, 4) is 11.5 Å². The fourth-order valence-electron chi connectivity index (χ4n) is 11.2. The minimum absolute atomic E-state index is 0.0170. The van der Waals surface area contributed by atoms with Crippen LogP contribution in [0.1, 0.15) is 120 Å². The number of carboxylic acids is 2. The number of phenolic OH excluding ortho intramolecular Hbond substituents is 1. The second kappa shape index (κ2) is 38.8. The summed E-state index contributed by atoms with van der Waals surface area (Å²) in [6, 6.07) is -4.14. The lowest BCUT2D eigenvalue weighted by molar-refractivity contribution is -0.145. The lowest BCUT2D eigenvalue weighted by Crippen LogP contribution is -2.62. The van der Waals surface area contributed by atoms with Crippen LogP contribution < -0.4 is 58.7 Å². The number of carbonyl (C=O) groups excluding carboxylic acids is 11. The number of fused-ring (bicyclic) bond motifs is 7. The van der Waals surface area contributed by atoms with Gasteiger partial charge in [-0.3, -0.25) is 62.3 Å². The first-order chi connectivity index (χ1) is 46.3. The Morgan fingerprint density at radius 3 is 1.85 bits per heavy atom. The molecule has 16 N–H and O–H groups in total. The summed E-state index contributed by atoms with van der Waals surface area (Å²) in [5, 5.41) is 64.8. The number of carbonyl (C=O) groups is 13. The Hall–Kier alpha value is -8.76. The number of carboxylic acid groups (broad SMARTS) is 2. The first-order valence-corrected chi connectivity index (χ1v) is 34.6. The lowest BCUT2D eigenvalue weighted by atomic mass is 10.0. The highest BCUT2D eigenvalue weighted by Crippen LogP contribution is 2.28. The molecule has 6 rings (SSSR count). The lowest BCUT2D eigenvalue weighted by Gasteiger charge is -2.32. The highest BCUT2D eigenvalue weighted by molar-refractivity contribution is 7.98. The maximum atomic E-state index is 15.0. The van der Waals surface area contributed by atoms with Gasteiger partial charge in [0, 0.05) is 48.9 Å². The molecule has 2 fully saturated rings. The number of rotatable bonds is 13. The molecule has 97 heavy (non-hydrogen) atoms. The molecule has 34 heteroatoms. The normalized spacial score (nSPS) is 26.4. The van der Waals surface area contributed by atoms with E-state index in [0.717, 1.165) is 30.9 Å². The van der Waals surface area contributed by atoms with Crippen LogP contribution in [-0.4, -0.2) is 224 Å². The third-order valence-electron chi connectivity index (χ3n) is 16.4. The Morgan fingerprint density at radius 2 is 1.22 bits per heavy atom. The number of oxime groups is 1. The van der Waals surface area contributed by atoms with Gasteiger partial charge in [0.25, 0.3) is 5.91 Å². The predicted molar refractivity (Wildman–Crippen MR) is 352 cm³/mol. The maximum Gasteiger partial charge on any atom is 0.305 e. The predicted octanol–water partition coefficient (Wildman–Crippen LogP) is -1.72. The zero-order valence-corrected chi connectivity index (χ0v) is 55.8. The molecule has 4 aliphatic rings. The van der Waals surface area contributed by atoms with Crippen LogP contribution in [-0.2, 0) is 85.1 Å². The summed E-state index contributed by atoms with van der Waals surface area (Å²) in [7, 11) is 0. The number of primary amides is 1. The molecule has 2 aromatic rings. The van der Waals surface area contributed by atoms with Crippen LogP contribution in [0.25, 0.3) is 0 Å². The van der Waals surface area contributed by atoms with E-state index in [0.29, 0.717) is 61.2 Å². The number of aliphatic hydroxyl groups excluding tert-OH is 1. The van der Waals surface area contributed by atoms with Crippen molar-refractivity contribution in [2.75, 3.05) is 44.4 Å². The number of amides is 11. The van der Waals surface area contributed by atoms with Crippen LogP contribution in [0.15, 0.2) is 47.6 Å². The highest BCUT2D eigenvalue weighted by Gasteiger charge is 2.43. The molecule has 0 unspecified atom stereocenters. The van der Waals surface area contributed by atoms with Gasteiger partial charge in [0.15, 0.2) is 0 Å². The minimum Gasteiger partial charge on any atom is -0.508 e. The van der Waals surface area contributed by atoms with E-state index in [1.165, 1.54) is 59.6 Å². The summed E-state index contributed by atoms with van der Waals surface area (Å²) < 4.78 is 6.26. The van der Waals surface area contributed by atoms with Crippen LogP contribution >= 0.6 is 23.5 Å². The Labute approximate surface area is 568 Å². The summed E-state index contributed by atoms with van der Waals surface area (Å²) in [5.41, 5.74) is 13.4. The van der Waals surface area contributed by atoms with E-state index in [-0.39, 0.29) is 87.1 Å². The number of thioether (sulfide) groups is 2. The van der Waals surface area contributed by atoms with Gasteiger partial charge in [0.2, 0.25) is 59.1 Å². The fraction of sp³-hybridized carbons (Fsp3) is 0.587. The first-order valence-electron chi connectivity index (χ1n) is 32.3. The molecule has 4 aliphatic heterocycles. The number of aromatic hydroxyl groups is 1. The second-order valence-electron chi connectivity index (χ2n) is 24.1. The van der Waals surface area contributed by atoms with E-state index in [2.05, 4.69) is 47.7 Å². The van der Waals surface area contributed by atoms with Crippen molar-refractivity contribution in [2.24, 2.45) is 16.6 Å². The highest BCUT2D eigenvalue weighted by atomic mass is 32.2. The van der Waals surface area contributed by atoms with Crippen LogP contribution in [0.4, 0.5) is 0 Å². The quantitative estimate of drug-likeness (QED) is 0.0993. The van der Waals surface area contributed by atoms with Crippen molar-refractivity contribution in [2.45, 2.75) is 188 Å². The standard InChI is InChI=1S/C63H89N13O19S2/c1-35-55(85)70-45(29-52(82)83)59(89)74-53(36(2)77)63(93)76-22-10-13-49(76)61(91)71-44(28-37-14-16-40(78)17-15-37)58(88)69-43(18-19-51(80)81)57(87)72-46(54(65)84)33-96-31-38-25-39-27-41(26-38)94-23-7-3-4-8-24-95-66-30-50(79)68-42(11-5-6-20-64)56(86)73-47(34-97-32-39)62(92)75-21-9-12-48(75)60(90)67-35/h14-17,25-27,30,35-36,42-49,53,77-78H,3-13,18-24,28-29,31-34,64H2,1-2H3,(H2,65,84)(H,67,90)(H,68,79)(H,69,88)(H,70,85)(H,71,91)(H,72,87)(H,73,86)(H,74,89)(H,80,81)(H,82,83)/b66-30+/t35-,36+,42-,43-,44-,45-,46-,47-,48-,49-,53-/m0/s1. The van der Waals surface area contributed by atoms with E-state index in [1.807, 2.05) is 6.07 Å². The van der Waals surface area contributed by atoms with Crippen LogP contribution in [0.5, 0.6) is 11.5 Å². The number of aliphatic hydroxyl groups is 1. The van der Waals surface area contributed by atoms with Crippen molar-refractivity contribution in [3.05, 3.63) is 59.2 Å². The first kappa shape index (κ1) is 77.2. The van der Waals surface area contributed by atoms with Gasteiger partial charge < -0.3 is 93.8 Å². The van der Waals surface area contributed by atoms with E-state index in [4.69, 9.17) is 21.0 Å². The molecule has 2 saturated heterocycles. The number of hydrogen-bond acceptors (Lipinski definition) is 21. The number of phenols is 1. The molecule has 4 heterocycles. The Kier molecular flexibility index (Phi) is 30.9. The van der Waals surface area contributed by atoms with Crippen LogP contribution in [0, 0.1) is 0 Å². The molecular formula is C63H89N13O19S2. The number of nitrogens with zero attached hydrogens (tertiary/aromatic N) is 3. The molecule has 2 aromatic carbocycles. The smallest absolute Gasteiger partial charge is 0.305 e. The summed E-state index contributed by atoms with van der Waals surface area (Å²) in [5.74, 6) is -12.7. The second-order valence-corrected chi connectivity index (χ2v) is 26.2. The van der Waals surface area contributed by atoms with Gasteiger partial charge in [0.1, 0.15) is 84.7 Å². The maximum absolute atomic E-state index is 15.0. The van der Waals surface area contributed by atoms with Gasteiger partial charge in [-0.05, 0) is 138 Å². The van der Waals surface area contributed by atoms with Gasteiger partial charge in [0.05, 0.1) is 19.1 Å².